The fourth-order valence-electron chi connectivity index (χ4n) is 2.82. The molecule has 2 aromatic heterocycles. The van der Waals surface area contributed by atoms with Gasteiger partial charge in [0.15, 0.2) is 0 Å². The average molecular weight is 351 g/mol. The van der Waals surface area contributed by atoms with E-state index in [9.17, 15) is 4.79 Å². The molecule has 5 heteroatoms. The minimum atomic E-state index is -0.400. The molecule has 0 radical (unpaired) electrons. The second-order valence-electron chi connectivity index (χ2n) is 5.74. The predicted octanol–water partition coefficient (Wildman–Crippen LogP) is 4.93. The van der Waals surface area contributed by atoms with Crippen LogP contribution in [0, 0.1) is 0 Å². The first-order valence-corrected chi connectivity index (χ1v) is 8.27. The molecule has 124 valence electrons. The van der Waals surface area contributed by atoms with Gasteiger partial charge in [-0.2, -0.15) is 0 Å². The summed E-state index contributed by atoms with van der Waals surface area (Å²) in [4.78, 5) is 15.5. The van der Waals surface area contributed by atoms with E-state index in [0.717, 1.165) is 16.5 Å². The summed E-state index contributed by atoms with van der Waals surface area (Å²) >= 11 is 5.90. The number of fused-ring (bicyclic) bond motifs is 1. The molecule has 1 unspecified atom stereocenters. The van der Waals surface area contributed by atoms with Gasteiger partial charge in [0.2, 0.25) is 0 Å². The zero-order valence-corrected chi connectivity index (χ0v) is 14.0. The Kier molecular flexibility index (Phi) is 4.04. The number of para-hydroxylation sites is 1. The molecular formula is C20H15ClN2O2. The van der Waals surface area contributed by atoms with Crippen LogP contribution in [0.4, 0.5) is 0 Å². The van der Waals surface area contributed by atoms with Gasteiger partial charge in [0.1, 0.15) is 23.1 Å². The van der Waals surface area contributed by atoms with Crippen LogP contribution in [0.25, 0.3) is 11.0 Å². The number of rotatable bonds is 4. The van der Waals surface area contributed by atoms with Gasteiger partial charge in [0.25, 0.3) is 5.91 Å². The third-order valence-corrected chi connectivity index (χ3v) is 4.25. The smallest absolute Gasteiger partial charge is 0.268 e. The Morgan fingerprint density at radius 3 is 2.52 bits per heavy atom. The SMILES string of the molecule is O=C(NC(c1ccccc1)c1cc2ccccc2o1)c1cc(Cl)c[nH]1. The molecule has 0 spiro atoms. The fraction of sp³-hybridized carbons (Fsp3) is 0.0500. The van der Waals surface area contributed by atoms with Crippen LogP contribution in [0.2, 0.25) is 5.02 Å². The lowest BCUT2D eigenvalue weighted by Crippen LogP contribution is -2.29. The van der Waals surface area contributed by atoms with Gasteiger partial charge in [-0.15, -0.1) is 0 Å². The molecule has 0 aliphatic carbocycles. The fourth-order valence-corrected chi connectivity index (χ4v) is 2.98. The van der Waals surface area contributed by atoms with Crippen molar-refractivity contribution in [1.82, 2.24) is 10.3 Å². The van der Waals surface area contributed by atoms with Crippen molar-refractivity contribution in [2.45, 2.75) is 6.04 Å². The summed E-state index contributed by atoms with van der Waals surface area (Å²) in [5.74, 6) is 0.430. The second kappa shape index (κ2) is 6.49. The lowest BCUT2D eigenvalue weighted by molar-refractivity contribution is 0.0935. The number of aromatic nitrogens is 1. The van der Waals surface area contributed by atoms with Gasteiger partial charge in [-0.3, -0.25) is 4.79 Å². The summed E-state index contributed by atoms with van der Waals surface area (Å²) in [6, 6.07) is 20.6. The van der Waals surface area contributed by atoms with E-state index in [1.165, 1.54) is 0 Å². The summed E-state index contributed by atoms with van der Waals surface area (Å²) in [5.41, 5.74) is 2.13. The lowest BCUT2D eigenvalue weighted by Gasteiger charge is -2.16. The number of hydrogen-bond acceptors (Lipinski definition) is 2. The van der Waals surface area contributed by atoms with Crippen LogP contribution in [0.3, 0.4) is 0 Å². The number of carbonyl (C=O) groups is 1. The molecule has 1 atom stereocenters. The zero-order chi connectivity index (χ0) is 17.2. The minimum Gasteiger partial charge on any atom is -0.459 e. The van der Waals surface area contributed by atoms with Gasteiger partial charge in [-0.1, -0.05) is 60.1 Å². The summed E-state index contributed by atoms with van der Waals surface area (Å²) in [6.45, 7) is 0. The van der Waals surface area contributed by atoms with Gasteiger partial charge in [0.05, 0.1) is 5.02 Å². The van der Waals surface area contributed by atoms with E-state index in [2.05, 4.69) is 10.3 Å². The normalized spacial score (nSPS) is 12.2. The molecule has 0 saturated carbocycles. The van der Waals surface area contributed by atoms with E-state index in [4.69, 9.17) is 16.0 Å². The van der Waals surface area contributed by atoms with Crippen molar-refractivity contribution in [3.05, 3.63) is 95.0 Å². The molecule has 2 heterocycles. The molecular weight excluding hydrogens is 336 g/mol. The largest absolute Gasteiger partial charge is 0.459 e. The Morgan fingerprint density at radius 1 is 1.04 bits per heavy atom. The Balaban J connectivity index is 1.72. The summed E-state index contributed by atoms with van der Waals surface area (Å²) in [6.07, 6.45) is 1.58. The van der Waals surface area contributed by atoms with Crippen LogP contribution < -0.4 is 5.32 Å². The molecule has 0 fully saturated rings. The standard InChI is InChI=1S/C20H15ClN2O2/c21-15-11-16(22-12-15)20(24)23-19(13-6-2-1-3-7-13)18-10-14-8-4-5-9-17(14)25-18/h1-12,19,22H,(H,23,24). The Bertz CT molecular complexity index is 987. The van der Waals surface area contributed by atoms with Crippen LogP contribution in [0.1, 0.15) is 27.9 Å². The predicted molar refractivity (Wildman–Crippen MR) is 97.8 cm³/mol. The van der Waals surface area contributed by atoms with Crippen molar-refractivity contribution in [2.75, 3.05) is 0 Å². The van der Waals surface area contributed by atoms with E-state index >= 15 is 0 Å². The highest BCUT2D eigenvalue weighted by Crippen LogP contribution is 2.28. The maximum Gasteiger partial charge on any atom is 0.268 e. The summed E-state index contributed by atoms with van der Waals surface area (Å²) in [5, 5.41) is 4.50. The number of halogens is 1. The Morgan fingerprint density at radius 2 is 1.80 bits per heavy atom. The number of benzene rings is 2. The van der Waals surface area contributed by atoms with Gasteiger partial charge >= 0.3 is 0 Å². The zero-order valence-electron chi connectivity index (χ0n) is 13.2. The van der Waals surface area contributed by atoms with E-state index in [1.54, 1.807) is 12.3 Å². The number of nitrogens with one attached hydrogen (secondary N) is 2. The molecule has 2 N–H and O–H groups in total. The van der Waals surface area contributed by atoms with Crippen LogP contribution in [0.15, 0.2) is 77.3 Å². The maximum absolute atomic E-state index is 12.6. The number of aromatic amines is 1. The molecule has 0 bridgehead atoms. The van der Waals surface area contributed by atoms with Crippen molar-refractivity contribution in [1.29, 1.82) is 0 Å². The number of carbonyl (C=O) groups excluding carboxylic acids is 1. The van der Waals surface area contributed by atoms with Crippen molar-refractivity contribution in [3.63, 3.8) is 0 Å². The first-order chi connectivity index (χ1) is 12.2. The van der Waals surface area contributed by atoms with Crippen LogP contribution in [-0.2, 0) is 0 Å². The molecule has 4 rings (SSSR count). The average Bonchev–Trinajstić information content (AvgIpc) is 3.26. The highest BCUT2D eigenvalue weighted by Gasteiger charge is 2.22. The van der Waals surface area contributed by atoms with E-state index in [-0.39, 0.29) is 5.91 Å². The van der Waals surface area contributed by atoms with Crippen LogP contribution in [-0.4, -0.2) is 10.9 Å². The number of furan rings is 1. The quantitative estimate of drug-likeness (QED) is 0.548. The minimum absolute atomic E-state index is 0.249. The van der Waals surface area contributed by atoms with Crippen LogP contribution in [0.5, 0.6) is 0 Å². The molecule has 4 nitrogen and oxygen atoms in total. The molecule has 4 aromatic rings. The van der Waals surface area contributed by atoms with Crippen molar-refractivity contribution in [2.24, 2.45) is 0 Å². The molecule has 0 saturated heterocycles. The van der Waals surface area contributed by atoms with Crippen LogP contribution >= 0.6 is 11.6 Å². The van der Waals surface area contributed by atoms with Gasteiger partial charge in [-0.25, -0.2) is 0 Å². The van der Waals surface area contributed by atoms with Gasteiger partial charge in [-0.05, 0) is 23.8 Å². The maximum atomic E-state index is 12.6. The first kappa shape index (κ1) is 15.5. The monoisotopic (exact) mass is 350 g/mol. The second-order valence-corrected chi connectivity index (χ2v) is 6.17. The summed E-state index contributed by atoms with van der Waals surface area (Å²) in [7, 11) is 0. The third-order valence-electron chi connectivity index (χ3n) is 4.03. The van der Waals surface area contributed by atoms with Crippen molar-refractivity contribution < 1.29 is 9.21 Å². The van der Waals surface area contributed by atoms with Gasteiger partial charge in [0, 0.05) is 11.6 Å². The van der Waals surface area contributed by atoms with Crippen molar-refractivity contribution >= 4 is 28.5 Å². The highest BCUT2D eigenvalue weighted by atomic mass is 35.5. The molecule has 0 aliphatic heterocycles. The van der Waals surface area contributed by atoms with E-state index < -0.39 is 6.04 Å². The molecule has 0 aliphatic rings. The first-order valence-electron chi connectivity index (χ1n) is 7.89. The Labute approximate surface area is 149 Å². The van der Waals surface area contributed by atoms with Gasteiger partial charge < -0.3 is 14.7 Å². The van der Waals surface area contributed by atoms with E-state index in [0.29, 0.717) is 16.5 Å². The number of amides is 1. The highest BCUT2D eigenvalue weighted by molar-refractivity contribution is 6.30. The molecule has 1 amide bonds. The number of hydrogen-bond donors (Lipinski definition) is 2. The molecule has 2 aromatic carbocycles. The van der Waals surface area contributed by atoms with Crippen molar-refractivity contribution in [3.8, 4) is 0 Å². The third kappa shape index (κ3) is 3.16. The topological polar surface area (TPSA) is 58.0 Å². The Hall–Kier alpha value is -2.98. The number of H-pyrrole nitrogens is 1. The van der Waals surface area contributed by atoms with E-state index in [1.807, 2.05) is 60.7 Å². The molecule has 25 heavy (non-hydrogen) atoms. The summed E-state index contributed by atoms with van der Waals surface area (Å²) < 4.78 is 5.98. The lowest BCUT2D eigenvalue weighted by atomic mass is 10.0.